The van der Waals surface area contributed by atoms with Crippen molar-refractivity contribution in [2.24, 2.45) is 5.41 Å². The summed E-state index contributed by atoms with van der Waals surface area (Å²) in [6.45, 7) is 7.31. The molecule has 37 heavy (non-hydrogen) atoms. The summed E-state index contributed by atoms with van der Waals surface area (Å²) in [6, 6.07) is 5.49. The van der Waals surface area contributed by atoms with E-state index < -0.39 is 17.3 Å². The molecular weight excluding hydrogens is 497 g/mol. The molecule has 0 aliphatic carbocycles. The highest BCUT2D eigenvalue weighted by Gasteiger charge is 2.33. The molecule has 4 rings (SSSR count). The van der Waals surface area contributed by atoms with Crippen molar-refractivity contribution in [1.82, 2.24) is 30.2 Å². The van der Waals surface area contributed by atoms with E-state index in [9.17, 15) is 14.0 Å². The van der Waals surface area contributed by atoms with E-state index in [2.05, 4.69) is 20.6 Å². The van der Waals surface area contributed by atoms with Crippen LogP contribution in [0, 0.1) is 11.2 Å². The lowest BCUT2D eigenvalue weighted by Gasteiger charge is -2.29. The highest BCUT2D eigenvalue weighted by molar-refractivity contribution is 6.30. The first-order chi connectivity index (χ1) is 17.6. The van der Waals surface area contributed by atoms with E-state index in [4.69, 9.17) is 16.6 Å². The molecule has 0 saturated heterocycles. The Bertz CT molecular complexity index is 1290. The van der Waals surface area contributed by atoms with Crippen LogP contribution in [0.25, 0.3) is 11.4 Å². The van der Waals surface area contributed by atoms with Crippen LogP contribution in [0.1, 0.15) is 38.6 Å². The van der Waals surface area contributed by atoms with Crippen molar-refractivity contribution in [3.8, 4) is 11.4 Å². The molecule has 9 nitrogen and oxygen atoms in total. The van der Waals surface area contributed by atoms with Gasteiger partial charge in [0.25, 0.3) is 0 Å². The molecule has 2 N–H and O–H groups in total. The van der Waals surface area contributed by atoms with Crippen molar-refractivity contribution in [3.05, 3.63) is 58.9 Å². The second-order valence-corrected chi connectivity index (χ2v) is 10.5. The number of likely N-dealkylation sites (N-methyl/N-ethyl adjacent to an activating group) is 1. The highest BCUT2D eigenvalue weighted by atomic mass is 35.5. The van der Waals surface area contributed by atoms with E-state index in [-0.39, 0.29) is 18.2 Å². The predicted octanol–water partition coefficient (Wildman–Crippen LogP) is 3.36. The molecule has 3 heterocycles. The van der Waals surface area contributed by atoms with Crippen molar-refractivity contribution in [2.45, 2.75) is 52.7 Å². The molecule has 1 aliphatic rings. The Hall–Kier alpha value is -3.53. The molecule has 1 aromatic carbocycles. The third-order valence-corrected chi connectivity index (χ3v) is 6.56. The number of nitrogens with zero attached hydrogens (tertiary/aromatic N) is 5. The summed E-state index contributed by atoms with van der Waals surface area (Å²) in [7, 11) is 1.54. The van der Waals surface area contributed by atoms with E-state index >= 15 is 0 Å². The van der Waals surface area contributed by atoms with E-state index in [1.54, 1.807) is 30.6 Å². The molecule has 1 aliphatic heterocycles. The van der Waals surface area contributed by atoms with Crippen LogP contribution in [0.2, 0.25) is 5.02 Å². The average molecular weight is 528 g/mol. The van der Waals surface area contributed by atoms with Gasteiger partial charge >= 0.3 is 0 Å². The number of halogens is 2. The zero-order valence-electron chi connectivity index (χ0n) is 21.4. The Morgan fingerprint density at radius 3 is 2.57 bits per heavy atom. The fourth-order valence-electron chi connectivity index (χ4n) is 4.46. The number of aromatic nitrogens is 4. The van der Waals surface area contributed by atoms with E-state index in [1.807, 2.05) is 30.2 Å². The summed E-state index contributed by atoms with van der Waals surface area (Å²) < 4.78 is 16.9. The fraction of sp³-hybridized carbons (Fsp3) is 0.423. The van der Waals surface area contributed by atoms with Crippen LogP contribution < -0.4 is 15.5 Å². The molecule has 0 fully saturated rings. The van der Waals surface area contributed by atoms with Gasteiger partial charge in [-0.25, -0.2) is 19.3 Å². The van der Waals surface area contributed by atoms with Crippen LogP contribution >= 0.6 is 11.6 Å². The predicted molar refractivity (Wildman–Crippen MR) is 139 cm³/mol. The maximum atomic E-state index is 15.0. The number of hydrogen-bond donors (Lipinski definition) is 2. The van der Waals surface area contributed by atoms with Crippen molar-refractivity contribution in [2.75, 3.05) is 18.5 Å². The first kappa shape index (κ1) is 26.5. The third kappa shape index (κ3) is 5.90. The molecule has 1 atom stereocenters. The first-order valence-electron chi connectivity index (χ1n) is 12.1. The Labute approximate surface area is 220 Å². The molecule has 0 spiro atoms. The van der Waals surface area contributed by atoms with Gasteiger partial charge in [0.15, 0.2) is 0 Å². The summed E-state index contributed by atoms with van der Waals surface area (Å²) in [5.74, 6) is -0.114. The van der Waals surface area contributed by atoms with Crippen molar-refractivity contribution in [1.29, 1.82) is 0 Å². The Kier molecular flexibility index (Phi) is 7.77. The molecule has 0 bridgehead atoms. The summed E-state index contributed by atoms with van der Waals surface area (Å²) in [5.41, 5.74) is 1.09. The smallest absolute Gasteiger partial charge is 0.242 e. The number of imidazole rings is 1. The van der Waals surface area contributed by atoms with Crippen LogP contribution in [-0.4, -0.2) is 51.0 Å². The number of carbonyl (C=O) groups is 2. The minimum Gasteiger partial charge on any atom is -0.357 e. The van der Waals surface area contributed by atoms with Crippen LogP contribution in [-0.2, 0) is 29.1 Å². The van der Waals surface area contributed by atoms with Crippen molar-refractivity contribution >= 4 is 29.4 Å². The van der Waals surface area contributed by atoms with Crippen molar-refractivity contribution < 1.29 is 14.0 Å². The fourth-order valence-corrected chi connectivity index (χ4v) is 4.62. The molecule has 2 aromatic heterocycles. The average Bonchev–Trinajstić information content (AvgIpc) is 3.02. The molecule has 3 aromatic rings. The van der Waals surface area contributed by atoms with Gasteiger partial charge in [-0.15, -0.1) is 0 Å². The summed E-state index contributed by atoms with van der Waals surface area (Å²) in [5, 5.41) is 5.76. The SMILES string of the molecule is CNC(=O)C(NC(=O)Cc1nc(-c2ccc(Cl)cc2F)n2c1CN(c1ncccn1)CCC2)C(C)(C)C. The Balaban J connectivity index is 1.73. The number of benzene rings is 1. The normalized spacial score (nSPS) is 14.5. The summed E-state index contributed by atoms with van der Waals surface area (Å²) in [4.78, 5) is 41.2. The monoisotopic (exact) mass is 527 g/mol. The maximum Gasteiger partial charge on any atom is 0.242 e. The van der Waals surface area contributed by atoms with Gasteiger partial charge in [0.1, 0.15) is 17.7 Å². The van der Waals surface area contributed by atoms with Gasteiger partial charge in [0, 0.05) is 37.6 Å². The largest absolute Gasteiger partial charge is 0.357 e. The third-order valence-electron chi connectivity index (χ3n) is 6.32. The second kappa shape index (κ2) is 10.8. The van der Waals surface area contributed by atoms with Gasteiger partial charge in [0.05, 0.1) is 29.9 Å². The van der Waals surface area contributed by atoms with Crippen molar-refractivity contribution in [3.63, 3.8) is 0 Å². The van der Waals surface area contributed by atoms with Crippen LogP contribution in [0.4, 0.5) is 10.3 Å². The molecule has 2 amide bonds. The highest BCUT2D eigenvalue weighted by Crippen LogP contribution is 2.30. The van der Waals surface area contributed by atoms with E-state index in [0.717, 1.165) is 12.1 Å². The second-order valence-electron chi connectivity index (χ2n) is 10.1. The number of amides is 2. The zero-order chi connectivity index (χ0) is 26.7. The molecule has 196 valence electrons. The zero-order valence-corrected chi connectivity index (χ0v) is 22.1. The lowest BCUT2D eigenvalue weighted by molar-refractivity contribution is -0.131. The van der Waals surface area contributed by atoms with Gasteiger partial charge in [-0.3, -0.25) is 9.59 Å². The minimum absolute atomic E-state index is 0.0718. The molecule has 0 saturated carbocycles. The number of rotatable bonds is 6. The van der Waals surface area contributed by atoms with E-state index in [1.165, 1.54) is 13.1 Å². The number of fused-ring (bicyclic) bond motifs is 1. The van der Waals surface area contributed by atoms with Gasteiger partial charge in [-0.2, -0.15) is 0 Å². The number of nitrogens with one attached hydrogen (secondary N) is 2. The number of hydrogen-bond acceptors (Lipinski definition) is 6. The lowest BCUT2D eigenvalue weighted by Crippen LogP contribution is -2.53. The molecule has 11 heteroatoms. The Morgan fingerprint density at radius 2 is 1.92 bits per heavy atom. The topological polar surface area (TPSA) is 105 Å². The minimum atomic E-state index is -0.728. The first-order valence-corrected chi connectivity index (χ1v) is 12.5. The molecule has 1 unspecified atom stereocenters. The van der Waals surface area contributed by atoms with Crippen LogP contribution in [0.3, 0.4) is 0 Å². The van der Waals surface area contributed by atoms with Gasteiger partial charge in [-0.1, -0.05) is 32.4 Å². The number of carbonyl (C=O) groups excluding carboxylic acids is 2. The maximum absolute atomic E-state index is 15.0. The quantitative estimate of drug-likeness (QED) is 0.509. The standard InChI is InChI=1S/C26H31ClFN7O2/c1-26(2,3)22(24(37)29-4)33-21(36)14-19-20-15-34(25-30-9-5-10-31-25)11-6-12-35(20)23(32-19)17-8-7-16(27)13-18(17)28/h5,7-10,13,22H,6,11-12,14-15H2,1-4H3,(H,29,37)(H,33,36). The Morgan fingerprint density at radius 1 is 1.19 bits per heavy atom. The van der Waals surface area contributed by atoms with Gasteiger partial charge < -0.3 is 20.1 Å². The summed E-state index contributed by atoms with van der Waals surface area (Å²) >= 11 is 5.98. The van der Waals surface area contributed by atoms with Crippen LogP contribution in [0.15, 0.2) is 36.7 Å². The summed E-state index contributed by atoms with van der Waals surface area (Å²) in [6.07, 6.45) is 4.04. The van der Waals surface area contributed by atoms with Gasteiger partial charge in [0.2, 0.25) is 17.8 Å². The van der Waals surface area contributed by atoms with Gasteiger partial charge in [-0.05, 0) is 36.1 Å². The lowest BCUT2D eigenvalue weighted by atomic mass is 9.86. The van der Waals surface area contributed by atoms with Crippen LogP contribution in [0.5, 0.6) is 0 Å². The molecule has 0 radical (unpaired) electrons. The molecular formula is C26H31ClFN7O2. The number of anilines is 1. The van der Waals surface area contributed by atoms with E-state index in [0.29, 0.717) is 47.7 Å².